The first-order chi connectivity index (χ1) is 9.90. The van der Waals surface area contributed by atoms with Crippen molar-refractivity contribution < 1.29 is 8.42 Å². The van der Waals surface area contributed by atoms with E-state index >= 15 is 0 Å². The van der Waals surface area contributed by atoms with Crippen LogP contribution in [0.5, 0.6) is 0 Å². The van der Waals surface area contributed by atoms with E-state index in [0.717, 1.165) is 5.56 Å². The summed E-state index contributed by atoms with van der Waals surface area (Å²) in [5, 5.41) is 3.92. The van der Waals surface area contributed by atoms with Gasteiger partial charge in [-0.05, 0) is 17.7 Å². The minimum atomic E-state index is -3.92. The highest BCUT2D eigenvalue weighted by Crippen LogP contribution is 2.31. The van der Waals surface area contributed by atoms with Crippen molar-refractivity contribution in [2.45, 2.75) is 4.90 Å². The van der Waals surface area contributed by atoms with Gasteiger partial charge in [0.1, 0.15) is 4.90 Å². The largest absolute Gasteiger partial charge is 0.278 e. The van der Waals surface area contributed by atoms with E-state index in [1.807, 2.05) is 18.2 Å². The molecule has 0 radical (unpaired) electrons. The van der Waals surface area contributed by atoms with Gasteiger partial charge in [0.2, 0.25) is 0 Å². The number of benzene rings is 2. The Hall–Kier alpha value is -1.27. The number of nitrogens with zero attached hydrogens (tertiary/aromatic N) is 1. The highest BCUT2D eigenvalue weighted by atomic mass is 35.5. The predicted molar refractivity (Wildman–Crippen MR) is 85.8 cm³/mol. The van der Waals surface area contributed by atoms with Gasteiger partial charge in [-0.15, -0.1) is 0 Å². The molecule has 0 fully saturated rings. The summed E-state index contributed by atoms with van der Waals surface area (Å²) in [5.74, 6) is 0. The maximum Gasteiger partial charge on any atom is 0.278 e. The highest BCUT2D eigenvalue weighted by molar-refractivity contribution is 7.89. The van der Waals surface area contributed by atoms with Crippen LogP contribution in [0.4, 0.5) is 0 Å². The third-order valence-corrected chi connectivity index (χ3v) is 4.86. The SMILES string of the molecule is O=S(=O)(N/N=C/c1ccccc1)c1cc(Cl)c(Cl)cc1Cl. The first kappa shape index (κ1) is 16.1. The van der Waals surface area contributed by atoms with Gasteiger partial charge < -0.3 is 0 Å². The molecule has 21 heavy (non-hydrogen) atoms. The molecule has 0 amide bonds. The molecule has 0 saturated carbocycles. The van der Waals surface area contributed by atoms with Crippen molar-refractivity contribution in [3.05, 3.63) is 63.1 Å². The lowest BCUT2D eigenvalue weighted by Crippen LogP contribution is -2.18. The third kappa shape index (κ3) is 4.11. The van der Waals surface area contributed by atoms with E-state index in [4.69, 9.17) is 34.8 Å². The molecule has 0 bridgehead atoms. The van der Waals surface area contributed by atoms with E-state index < -0.39 is 10.0 Å². The molecular weight excluding hydrogens is 355 g/mol. The van der Waals surface area contributed by atoms with Gasteiger partial charge in [-0.25, -0.2) is 4.83 Å². The average Bonchev–Trinajstić information content (AvgIpc) is 2.43. The first-order valence-electron chi connectivity index (χ1n) is 5.64. The summed E-state index contributed by atoms with van der Waals surface area (Å²) < 4.78 is 24.2. The van der Waals surface area contributed by atoms with E-state index in [2.05, 4.69) is 9.93 Å². The highest BCUT2D eigenvalue weighted by Gasteiger charge is 2.19. The van der Waals surface area contributed by atoms with Crippen molar-refractivity contribution in [3.63, 3.8) is 0 Å². The van der Waals surface area contributed by atoms with Crippen molar-refractivity contribution in [1.29, 1.82) is 0 Å². The average molecular weight is 364 g/mol. The quantitative estimate of drug-likeness (QED) is 0.508. The molecule has 4 nitrogen and oxygen atoms in total. The monoisotopic (exact) mass is 362 g/mol. The van der Waals surface area contributed by atoms with Crippen LogP contribution in [0.2, 0.25) is 15.1 Å². The van der Waals surface area contributed by atoms with Gasteiger partial charge in [-0.1, -0.05) is 65.1 Å². The zero-order chi connectivity index (χ0) is 15.5. The van der Waals surface area contributed by atoms with Crippen LogP contribution in [0, 0.1) is 0 Å². The molecule has 0 aliphatic heterocycles. The predicted octanol–water partition coefficient (Wildman–Crippen LogP) is 3.96. The van der Waals surface area contributed by atoms with Crippen LogP contribution in [0.25, 0.3) is 0 Å². The van der Waals surface area contributed by atoms with Gasteiger partial charge in [0, 0.05) is 0 Å². The molecule has 0 aromatic heterocycles. The smallest absolute Gasteiger partial charge is 0.200 e. The van der Waals surface area contributed by atoms with E-state index in [-0.39, 0.29) is 20.0 Å². The Morgan fingerprint density at radius 1 is 0.952 bits per heavy atom. The van der Waals surface area contributed by atoms with Crippen molar-refractivity contribution >= 4 is 51.0 Å². The molecule has 8 heteroatoms. The van der Waals surface area contributed by atoms with Crippen molar-refractivity contribution in [2.75, 3.05) is 0 Å². The van der Waals surface area contributed by atoms with Crippen LogP contribution in [-0.4, -0.2) is 14.6 Å². The third-order valence-electron chi connectivity index (χ3n) is 2.45. The zero-order valence-corrected chi connectivity index (χ0v) is 13.5. The Morgan fingerprint density at radius 2 is 1.57 bits per heavy atom. The summed E-state index contributed by atoms with van der Waals surface area (Å²) in [6, 6.07) is 11.5. The number of hydrazone groups is 1. The molecule has 2 rings (SSSR count). The molecule has 0 spiro atoms. The Labute approximate surface area is 137 Å². The van der Waals surface area contributed by atoms with E-state index in [9.17, 15) is 8.42 Å². The summed E-state index contributed by atoms with van der Waals surface area (Å²) in [6.07, 6.45) is 1.38. The molecule has 1 N–H and O–H groups in total. The minimum Gasteiger partial charge on any atom is -0.200 e. The molecule has 0 atom stereocenters. The van der Waals surface area contributed by atoms with Gasteiger partial charge in [0.15, 0.2) is 0 Å². The summed E-state index contributed by atoms with van der Waals surface area (Å²) in [5.41, 5.74) is 0.750. The van der Waals surface area contributed by atoms with Crippen molar-refractivity contribution in [3.8, 4) is 0 Å². The first-order valence-corrected chi connectivity index (χ1v) is 8.26. The molecule has 0 unspecified atom stereocenters. The van der Waals surface area contributed by atoms with E-state index in [1.165, 1.54) is 18.3 Å². The number of sulfonamides is 1. The zero-order valence-electron chi connectivity index (χ0n) is 10.4. The normalized spacial score (nSPS) is 11.8. The lowest BCUT2D eigenvalue weighted by molar-refractivity contribution is 0.585. The lowest BCUT2D eigenvalue weighted by atomic mass is 10.2. The number of halogens is 3. The molecule has 2 aromatic carbocycles. The van der Waals surface area contributed by atoms with Gasteiger partial charge in [0.05, 0.1) is 21.3 Å². The molecule has 0 aliphatic carbocycles. The molecule has 110 valence electrons. The summed E-state index contributed by atoms with van der Waals surface area (Å²) in [7, 11) is -3.92. The lowest BCUT2D eigenvalue weighted by Gasteiger charge is -2.07. The van der Waals surface area contributed by atoms with Crippen LogP contribution in [-0.2, 0) is 10.0 Å². The molecule has 2 aromatic rings. The Balaban J connectivity index is 2.23. The Kier molecular flexibility index (Phi) is 5.11. The summed E-state index contributed by atoms with van der Waals surface area (Å²) in [6.45, 7) is 0. The topological polar surface area (TPSA) is 58.5 Å². The molecule has 0 heterocycles. The van der Waals surface area contributed by atoms with Gasteiger partial charge in [-0.3, -0.25) is 0 Å². The van der Waals surface area contributed by atoms with Crippen molar-refractivity contribution in [1.82, 2.24) is 4.83 Å². The van der Waals surface area contributed by atoms with Crippen LogP contribution >= 0.6 is 34.8 Å². The summed E-state index contributed by atoms with van der Waals surface area (Å²) in [4.78, 5) is 1.88. The fourth-order valence-electron chi connectivity index (χ4n) is 1.47. The maximum absolute atomic E-state index is 12.1. The van der Waals surface area contributed by atoms with Gasteiger partial charge in [0.25, 0.3) is 10.0 Å². The second-order valence-corrected chi connectivity index (χ2v) is 6.81. The molecule has 0 saturated heterocycles. The van der Waals surface area contributed by atoms with E-state index in [1.54, 1.807) is 12.1 Å². The molecular formula is C13H9Cl3N2O2S. The van der Waals surface area contributed by atoms with Crippen LogP contribution in [0.1, 0.15) is 5.56 Å². The standard InChI is InChI=1S/C13H9Cl3N2O2S/c14-10-6-12(16)13(7-11(10)15)21(19,20)18-17-8-9-4-2-1-3-5-9/h1-8,18H/b17-8+. The molecule has 0 aliphatic rings. The van der Waals surface area contributed by atoms with Crippen LogP contribution in [0.15, 0.2) is 52.5 Å². The summed E-state index contributed by atoms with van der Waals surface area (Å²) >= 11 is 17.4. The number of rotatable bonds is 4. The Bertz CT molecular complexity index is 778. The van der Waals surface area contributed by atoms with Crippen LogP contribution in [0.3, 0.4) is 0 Å². The van der Waals surface area contributed by atoms with E-state index in [0.29, 0.717) is 0 Å². The number of nitrogens with one attached hydrogen (secondary N) is 1. The van der Waals surface area contributed by atoms with Crippen molar-refractivity contribution in [2.24, 2.45) is 5.10 Å². The Morgan fingerprint density at radius 3 is 2.24 bits per heavy atom. The second kappa shape index (κ2) is 6.66. The van der Waals surface area contributed by atoms with Gasteiger partial charge in [-0.2, -0.15) is 13.5 Å². The second-order valence-electron chi connectivity index (χ2n) is 3.96. The number of hydrogen-bond acceptors (Lipinski definition) is 3. The fourth-order valence-corrected chi connectivity index (χ4v) is 3.26. The number of hydrogen-bond donors (Lipinski definition) is 1. The fraction of sp³-hybridized carbons (Fsp3) is 0. The minimum absolute atomic E-state index is 0.0354. The van der Waals surface area contributed by atoms with Crippen LogP contribution < -0.4 is 4.83 Å². The maximum atomic E-state index is 12.1. The van der Waals surface area contributed by atoms with Gasteiger partial charge >= 0.3 is 0 Å².